The summed E-state index contributed by atoms with van der Waals surface area (Å²) in [6, 6.07) is 17.8. The average Bonchev–Trinajstić information content (AvgIpc) is 3.44. The first-order valence-electron chi connectivity index (χ1n) is 10.5. The van der Waals surface area contributed by atoms with E-state index in [1.54, 1.807) is 13.4 Å². The first-order chi connectivity index (χ1) is 15.1. The first kappa shape index (κ1) is 19.3. The van der Waals surface area contributed by atoms with Gasteiger partial charge < -0.3 is 24.4 Å². The molecule has 0 fully saturated rings. The number of fused-ring (bicyclic) bond motifs is 3. The molecule has 0 bridgehead atoms. The highest BCUT2D eigenvalue weighted by Crippen LogP contribution is 2.39. The molecule has 0 unspecified atom stereocenters. The Hall–Kier alpha value is -3.67. The zero-order valence-electron chi connectivity index (χ0n) is 17.6. The van der Waals surface area contributed by atoms with Crippen LogP contribution in [0.15, 0.2) is 65.3 Å². The molecule has 5 rings (SSSR count). The van der Waals surface area contributed by atoms with Crippen molar-refractivity contribution in [3.05, 3.63) is 89.0 Å². The molecule has 0 saturated carbocycles. The summed E-state index contributed by atoms with van der Waals surface area (Å²) in [5.74, 6) is 1.57. The van der Waals surface area contributed by atoms with Crippen molar-refractivity contribution in [3.63, 3.8) is 0 Å². The van der Waals surface area contributed by atoms with Crippen LogP contribution in [0.5, 0.6) is 5.75 Å². The number of carbonyl (C=O) groups excluding carboxylic acids is 1. The van der Waals surface area contributed by atoms with Crippen molar-refractivity contribution in [1.82, 2.24) is 15.2 Å². The van der Waals surface area contributed by atoms with Gasteiger partial charge in [0.25, 0.3) is 0 Å². The third-order valence-electron chi connectivity index (χ3n) is 5.98. The predicted octanol–water partition coefficient (Wildman–Crippen LogP) is 4.94. The Labute approximate surface area is 180 Å². The van der Waals surface area contributed by atoms with Crippen LogP contribution >= 0.6 is 0 Å². The van der Waals surface area contributed by atoms with Crippen LogP contribution in [0, 0.1) is 6.92 Å². The van der Waals surface area contributed by atoms with E-state index in [0.29, 0.717) is 13.1 Å². The third kappa shape index (κ3) is 3.54. The highest BCUT2D eigenvalue weighted by atomic mass is 16.5. The Morgan fingerprint density at radius 2 is 2.06 bits per heavy atom. The van der Waals surface area contributed by atoms with Gasteiger partial charge in [0, 0.05) is 23.1 Å². The van der Waals surface area contributed by atoms with Gasteiger partial charge in [-0.05, 0) is 54.8 Å². The standard InChI is InChI=1S/C25H25N3O3/c1-16-5-7-17(8-6-16)24-23-20(21-14-18(30-2)9-10-22(21)27-23)11-12-28(24)25(29)26-15-19-4-3-13-31-19/h3-10,13-14,24,27H,11-12,15H2,1-2H3,(H,26,29)/t24-/m1/s1. The van der Waals surface area contributed by atoms with Gasteiger partial charge in [0.05, 0.1) is 26.0 Å². The second kappa shape index (κ2) is 7.87. The smallest absolute Gasteiger partial charge is 0.318 e. The lowest BCUT2D eigenvalue weighted by Gasteiger charge is -2.36. The topological polar surface area (TPSA) is 70.5 Å². The molecule has 31 heavy (non-hydrogen) atoms. The number of ether oxygens (including phenoxy) is 1. The van der Waals surface area contributed by atoms with Crippen LogP contribution in [-0.2, 0) is 13.0 Å². The van der Waals surface area contributed by atoms with Crippen molar-refractivity contribution in [2.75, 3.05) is 13.7 Å². The van der Waals surface area contributed by atoms with Gasteiger partial charge in [-0.2, -0.15) is 0 Å². The summed E-state index contributed by atoms with van der Waals surface area (Å²) in [6.45, 7) is 3.05. The number of aromatic nitrogens is 1. The summed E-state index contributed by atoms with van der Waals surface area (Å²) in [5, 5.41) is 4.16. The minimum absolute atomic E-state index is 0.108. The van der Waals surface area contributed by atoms with E-state index >= 15 is 0 Å². The highest BCUT2D eigenvalue weighted by molar-refractivity contribution is 5.87. The number of aromatic amines is 1. The zero-order valence-corrected chi connectivity index (χ0v) is 17.6. The van der Waals surface area contributed by atoms with Crippen molar-refractivity contribution >= 4 is 16.9 Å². The molecule has 6 nitrogen and oxygen atoms in total. The van der Waals surface area contributed by atoms with Crippen LogP contribution in [0.4, 0.5) is 4.79 Å². The fourth-order valence-electron chi connectivity index (χ4n) is 4.39. The third-order valence-corrected chi connectivity index (χ3v) is 5.98. The molecule has 2 aromatic carbocycles. The molecule has 1 aliphatic rings. The molecule has 2 N–H and O–H groups in total. The number of hydrogen-bond acceptors (Lipinski definition) is 3. The van der Waals surface area contributed by atoms with Gasteiger partial charge in [-0.1, -0.05) is 29.8 Å². The summed E-state index contributed by atoms with van der Waals surface area (Å²) >= 11 is 0. The lowest BCUT2D eigenvalue weighted by atomic mass is 9.92. The fourth-order valence-corrected chi connectivity index (χ4v) is 4.39. The van der Waals surface area contributed by atoms with Gasteiger partial charge in [-0.25, -0.2) is 4.79 Å². The molecule has 2 aromatic heterocycles. The van der Waals surface area contributed by atoms with Crippen LogP contribution < -0.4 is 10.1 Å². The van der Waals surface area contributed by atoms with Gasteiger partial charge in [0.1, 0.15) is 11.5 Å². The van der Waals surface area contributed by atoms with Gasteiger partial charge >= 0.3 is 6.03 Å². The molecule has 3 heterocycles. The zero-order chi connectivity index (χ0) is 21.4. The maximum absolute atomic E-state index is 13.2. The Kier molecular flexibility index (Phi) is 4.90. The number of urea groups is 1. The maximum atomic E-state index is 13.2. The largest absolute Gasteiger partial charge is 0.497 e. The number of H-pyrrole nitrogens is 1. The number of nitrogens with one attached hydrogen (secondary N) is 2. The Morgan fingerprint density at radius 3 is 2.81 bits per heavy atom. The van der Waals surface area contributed by atoms with Gasteiger partial charge in [0.15, 0.2) is 0 Å². The van der Waals surface area contributed by atoms with E-state index in [9.17, 15) is 4.79 Å². The van der Waals surface area contributed by atoms with Gasteiger partial charge in [0.2, 0.25) is 0 Å². The number of amides is 2. The normalized spacial score (nSPS) is 15.7. The number of carbonyl (C=O) groups is 1. The van der Waals surface area contributed by atoms with Gasteiger partial charge in [-0.15, -0.1) is 0 Å². The number of aryl methyl sites for hydroxylation is 1. The molecule has 1 aliphatic heterocycles. The lowest BCUT2D eigenvalue weighted by molar-refractivity contribution is 0.178. The molecule has 158 valence electrons. The number of hydrogen-bond donors (Lipinski definition) is 2. The minimum atomic E-state index is -0.195. The van der Waals surface area contributed by atoms with Crippen LogP contribution in [0.3, 0.4) is 0 Å². The highest BCUT2D eigenvalue weighted by Gasteiger charge is 2.34. The second-order valence-corrected chi connectivity index (χ2v) is 7.92. The summed E-state index contributed by atoms with van der Waals surface area (Å²) < 4.78 is 10.8. The molecular weight excluding hydrogens is 390 g/mol. The SMILES string of the molecule is COc1ccc2[nH]c3c(c2c1)CCN(C(=O)NCc1ccco1)[C@@H]3c1ccc(C)cc1. The van der Waals surface area contributed by atoms with E-state index in [1.165, 1.54) is 11.1 Å². The quantitative estimate of drug-likeness (QED) is 0.496. The Morgan fingerprint density at radius 1 is 1.23 bits per heavy atom. The number of rotatable bonds is 4. The maximum Gasteiger partial charge on any atom is 0.318 e. The Bertz CT molecular complexity index is 1210. The Balaban J connectivity index is 1.54. The number of nitrogens with zero attached hydrogens (tertiary/aromatic N) is 1. The van der Waals surface area contributed by atoms with Gasteiger partial charge in [-0.3, -0.25) is 0 Å². The average molecular weight is 415 g/mol. The monoisotopic (exact) mass is 415 g/mol. The van der Waals surface area contributed by atoms with E-state index in [2.05, 4.69) is 47.6 Å². The van der Waals surface area contributed by atoms with Crippen LogP contribution in [0.2, 0.25) is 0 Å². The number of benzene rings is 2. The molecular formula is C25H25N3O3. The van der Waals surface area contributed by atoms with Crippen molar-refractivity contribution < 1.29 is 13.9 Å². The van der Waals surface area contributed by atoms with E-state index in [0.717, 1.165) is 40.1 Å². The molecule has 1 atom stereocenters. The lowest BCUT2D eigenvalue weighted by Crippen LogP contribution is -2.45. The molecule has 0 aliphatic carbocycles. The molecule has 4 aromatic rings. The molecule has 0 spiro atoms. The summed E-state index contributed by atoms with van der Waals surface area (Å²) in [7, 11) is 1.68. The van der Waals surface area contributed by atoms with E-state index < -0.39 is 0 Å². The van der Waals surface area contributed by atoms with Crippen LogP contribution in [-0.4, -0.2) is 29.6 Å². The van der Waals surface area contributed by atoms with Crippen molar-refractivity contribution in [3.8, 4) is 5.75 Å². The molecule has 6 heteroatoms. The second-order valence-electron chi connectivity index (χ2n) is 7.92. The molecule has 0 saturated heterocycles. The summed E-state index contributed by atoms with van der Waals surface area (Å²) in [4.78, 5) is 18.7. The van der Waals surface area contributed by atoms with E-state index in [4.69, 9.17) is 9.15 Å². The van der Waals surface area contributed by atoms with Crippen LogP contribution in [0.1, 0.15) is 34.2 Å². The minimum Gasteiger partial charge on any atom is -0.497 e. The predicted molar refractivity (Wildman–Crippen MR) is 119 cm³/mol. The van der Waals surface area contributed by atoms with Crippen LogP contribution in [0.25, 0.3) is 10.9 Å². The van der Waals surface area contributed by atoms with E-state index in [-0.39, 0.29) is 12.1 Å². The van der Waals surface area contributed by atoms with Crippen molar-refractivity contribution in [2.45, 2.75) is 25.9 Å². The fraction of sp³-hybridized carbons (Fsp3) is 0.240. The van der Waals surface area contributed by atoms with E-state index in [1.807, 2.05) is 29.2 Å². The van der Waals surface area contributed by atoms with Crippen molar-refractivity contribution in [1.29, 1.82) is 0 Å². The summed E-state index contributed by atoms with van der Waals surface area (Å²) in [5.41, 5.74) is 5.63. The molecule has 2 amide bonds. The first-order valence-corrected chi connectivity index (χ1v) is 10.5. The number of methoxy groups -OCH3 is 1. The summed E-state index contributed by atoms with van der Waals surface area (Å²) in [6.07, 6.45) is 2.39. The van der Waals surface area contributed by atoms with Crippen molar-refractivity contribution in [2.24, 2.45) is 0 Å². The molecule has 0 radical (unpaired) electrons. The number of furan rings is 1.